The first kappa shape index (κ1) is 17.9. The standard InChI is InChI=1S/C15H23F3N2O/c1-3-19-14(12-21,13-7-5-4-6-8-13)9-10-20(2)11-15(16,17)18/h4-8,19,21H,3,9-12H2,1-2H3. The van der Waals surface area contributed by atoms with Gasteiger partial charge in [0.25, 0.3) is 0 Å². The van der Waals surface area contributed by atoms with Gasteiger partial charge in [0.2, 0.25) is 0 Å². The van der Waals surface area contributed by atoms with Crippen LogP contribution in [-0.4, -0.2) is 49.5 Å². The topological polar surface area (TPSA) is 35.5 Å². The van der Waals surface area contributed by atoms with E-state index in [0.717, 1.165) is 5.56 Å². The molecule has 0 aliphatic heterocycles. The van der Waals surface area contributed by atoms with Crippen LogP contribution in [0.2, 0.25) is 0 Å². The fourth-order valence-corrected chi connectivity index (χ4v) is 2.42. The van der Waals surface area contributed by atoms with Gasteiger partial charge in [0, 0.05) is 6.54 Å². The zero-order valence-corrected chi connectivity index (χ0v) is 12.5. The molecule has 120 valence electrons. The molecule has 0 aliphatic rings. The van der Waals surface area contributed by atoms with Gasteiger partial charge in [-0.25, -0.2) is 0 Å². The number of nitrogens with zero attached hydrogens (tertiary/aromatic N) is 1. The first-order chi connectivity index (χ1) is 9.83. The second kappa shape index (κ2) is 7.77. The van der Waals surface area contributed by atoms with Crippen LogP contribution in [0.4, 0.5) is 13.2 Å². The van der Waals surface area contributed by atoms with Crippen molar-refractivity contribution in [3.05, 3.63) is 35.9 Å². The molecule has 3 nitrogen and oxygen atoms in total. The Kier molecular flexibility index (Phi) is 6.64. The molecule has 0 amide bonds. The van der Waals surface area contributed by atoms with Crippen LogP contribution in [0.5, 0.6) is 0 Å². The predicted octanol–water partition coefficient (Wildman–Crippen LogP) is 2.37. The quantitative estimate of drug-likeness (QED) is 0.774. The molecular formula is C15H23F3N2O. The van der Waals surface area contributed by atoms with Gasteiger partial charge in [0.1, 0.15) is 0 Å². The third-order valence-corrected chi connectivity index (χ3v) is 3.48. The molecule has 0 saturated carbocycles. The van der Waals surface area contributed by atoms with Crippen molar-refractivity contribution < 1.29 is 18.3 Å². The van der Waals surface area contributed by atoms with Crippen molar-refractivity contribution in [1.82, 2.24) is 10.2 Å². The molecule has 1 unspecified atom stereocenters. The van der Waals surface area contributed by atoms with Crippen LogP contribution in [0.15, 0.2) is 30.3 Å². The summed E-state index contributed by atoms with van der Waals surface area (Å²) in [6, 6.07) is 9.34. The van der Waals surface area contributed by atoms with Crippen LogP contribution in [0, 0.1) is 0 Å². The summed E-state index contributed by atoms with van der Waals surface area (Å²) in [5.74, 6) is 0. The van der Waals surface area contributed by atoms with Crippen LogP contribution in [0.3, 0.4) is 0 Å². The van der Waals surface area contributed by atoms with Crippen LogP contribution < -0.4 is 5.32 Å². The lowest BCUT2D eigenvalue weighted by molar-refractivity contribution is -0.143. The summed E-state index contributed by atoms with van der Waals surface area (Å²) in [5.41, 5.74) is 0.172. The van der Waals surface area contributed by atoms with Crippen molar-refractivity contribution in [2.24, 2.45) is 0 Å². The zero-order chi connectivity index (χ0) is 15.9. The third kappa shape index (κ3) is 5.65. The average molecular weight is 304 g/mol. The molecule has 1 rings (SSSR count). The maximum absolute atomic E-state index is 12.4. The van der Waals surface area contributed by atoms with Gasteiger partial charge in [0.15, 0.2) is 0 Å². The average Bonchev–Trinajstić information content (AvgIpc) is 2.43. The molecule has 0 aromatic heterocycles. The van der Waals surface area contributed by atoms with Crippen molar-refractivity contribution in [3.63, 3.8) is 0 Å². The van der Waals surface area contributed by atoms with Crippen LogP contribution in [0.1, 0.15) is 18.9 Å². The van der Waals surface area contributed by atoms with Gasteiger partial charge in [-0.05, 0) is 25.6 Å². The maximum Gasteiger partial charge on any atom is 0.401 e. The van der Waals surface area contributed by atoms with E-state index in [1.807, 2.05) is 37.3 Å². The van der Waals surface area contributed by atoms with Crippen molar-refractivity contribution >= 4 is 0 Å². The predicted molar refractivity (Wildman–Crippen MR) is 77.1 cm³/mol. The molecule has 0 aliphatic carbocycles. The number of nitrogens with one attached hydrogen (secondary N) is 1. The van der Waals surface area contributed by atoms with Crippen LogP contribution in [0.25, 0.3) is 0 Å². The normalized spacial score (nSPS) is 15.2. The van der Waals surface area contributed by atoms with E-state index in [-0.39, 0.29) is 13.2 Å². The van der Waals surface area contributed by atoms with E-state index < -0.39 is 18.3 Å². The highest BCUT2D eigenvalue weighted by Crippen LogP contribution is 2.25. The molecule has 2 N–H and O–H groups in total. The van der Waals surface area contributed by atoms with Gasteiger partial charge in [-0.3, -0.25) is 4.90 Å². The van der Waals surface area contributed by atoms with E-state index in [1.165, 1.54) is 11.9 Å². The van der Waals surface area contributed by atoms with Gasteiger partial charge in [-0.15, -0.1) is 0 Å². The van der Waals surface area contributed by atoms with Crippen LogP contribution in [-0.2, 0) is 5.54 Å². The van der Waals surface area contributed by atoms with Gasteiger partial charge in [-0.2, -0.15) is 13.2 Å². The Hall–Kier alpha value is -1.11. The number of halogens is 3. The monoisotopic (exact) mass is 304 g/mol. The van der Waals surface area contributed by atoms with Gasteiger partial charge in [0.05, 0.1) is 18.7 Å². The Bertz CT molecular complexity index is 411. The van der Waals surface area contributed by atoms with Gasteiger partial charge < -0.3 is 10.4 Å². The third-order valence-electron chi connectivity index (χ3n) is 3.48. The second-order valence-electron chi connectivity index (χ2n) is 5.24. The Morgan fingerprint density at radius 3 is 2.29 bits per heavy atom. The number of hydrogen-bond donors (Lipinski definition) is 2. The largest absolute Gasteiger partial charge is 0.401 e. The molecule has 1 aromatic rings. The highest BCUT2D eigenvalue weighted by Gasteiger charge is 2.33. The zero-order valence-electron chi connectivity index (χ0n) is 12.5. The summed E-state index contributed by atoms with van der Waals surface area (Å²) in [5, 5.41) is 13.0. The molecule has 1 atom stereocenters. The molecule has 0 saturated heterocycles. The molecule has 6 heteroatoms. The summed E-state index contributed by atoms with van der Waals surface area (Å²) in [6.45, 7) is 1.66. The fraction of sp³-hybridized carbons (Fsp3) is 0.600. The summed E-state index contributed by atoms with van der Waals surface area (Å²) in [7, 11) is 1.44. The smallest absolute Gasteiger partial charge is 0.394 e. The number of aliphatic hydroxyl groups is 1. The van der Waals surface area contributed by atoms with Gasteiger partial charge in [-0.1, -0.05) is 37.3 Å². The van der Waals surface area contributed by atoms with E-state index in [0.29, 0.717) is 13.0 Å². The van der Waals surface area contributed by atoms with E-state index in [4.69, 9.17) is 0 Å². The Balaban J connectivity index is 2.80. The SMILES string of the molecule is CCNC(CO)(CCN(C)CC(F)(F)F)c1ccccc1. The Morgan fingerprint density at radius 1 is 1.19 bits per heavy atom. The van der Waals surface area contributed by atoms with Crippen molar-refractivity contribution in [1.29, 1.82) is 0 Å². The summed E-state index contributed by atoms with van der Waals surface area (Å²) in [6.07, 6.45) is -3.81. The van der Waals surface area contributed by atoms with E-state index in [1.54, 1.807) is 0 Å². The Morgan fingerprint density at radius 2 is 1.81 bits per heavy atom. The summed E-state index contributed by atoms with van der Waals surface area (Å²) < 4.78 is 37.1. The lowest BCUT2D eigenvalue weighted by Crippen LogP contribution is -2.48. The highest BCUT2D eigenvalue weighted by atomic mass is 19.4. The number of alkyl halides is 3. The lowest BCUT2D eigenvalue weighted by Gasteiger charge is -2.35. The van der Waals surface area contributed by atoms with Crippen molar-refractivity contribution in [3.8, 4) is 0 Å². The number of aliphatic hydroxyl groups excluding tert-OH is 1. The minimum Gasteiger partial charge on any atom is -0.394 e. The summed E-state index contributed by atoms with van der Waals surface area (Å²) in [4.78, 5) is 1.23. The molecule has 0 bridgehead atoms. The second-order valence-corrected chi connectivity index (χ2v) is 5.24. The lowest BCUT2D eigenvalue weighted by atomic mass is 9.87. The first-order valence-corrected chi connectivity index (χ1v) is 6.99. The fourth-order valence-electron chi connectivity index (χ4n) is 2.42. The minimum atomic E-state index is -4.21. The van der Waals surface area contributed by atoms with Crippen LogP contribution >= 0.6 is 0 Å². The molecular weight excluding hydrogens is 281 g/mol. The van der Waals surface area contributed by atoms with E-state index in [2.05, 4.69) is 5.32 Å². The molecule has 0 heterocycles. The highest BCUT2D eigenvalue weighted by molar-refractivity contribution is 5.24. The molecule has 0 spiro atoms. The molecule has 21 heavy (non-hydrogen) atoms. The van der Waals surface area contributed by atoms with E-state index >= 15 is 0 Å². The van der Waals surface area contributed by atoms with Crippen molar-refractivity contribution in [2.45, 2.75) is 25.1 Å². The number of hydrogen-bond acceptors (Lipinski definition) is 3. The van der Waals surface area contributed by atoms with E-state index in [9.17, 15) is 18.3 Å². The number of benzene rings is 1. The minimum absolute atomic E-state index is 0.162. The Labute approximate surface area is 123 Å². The maximum atomic E-state index is 12.4. The molecule has 0 fully saturated rings. The molecule has 1 aromatic carbocycles. The number of likely N-dealkylation sites (N-methyl/N-ethyl adjacent to an activating group) is 1. The van der Waals surface area contributed by atoms with Gasteiger partial charge >= 0.3 is 6.18 Å². The summed E-state index contributed by atoms with van der Waals surface area (Å²) >= 11 is 0. The number of rotatable bonds is 8. The first-order valence-electron chi connectivity index (χ1n) is 6.99. The van der Waals surface area contributed by atoms with Crippen molar-refractivity contribution in [2.75, 3.05) is 33.3 Å². The molecule has 0 radical (unpaired) electrons.